The van der Waals surface area contributed by atoms with Crippen molar-refractivity contribution in [3.8, 4) is 0 Å². The van der Waals surface area contributed by atoms with Crippen molar-refractivity contribution in [2.75, 3.05) is 13.2 Å². The lowest BCUT2D eigenvalue weighted by Crippen LogP contribution is -2.67. The van der Waals surface area contributed by atoms with Crippen LogP contribution in [0.2, 0.25) is 0 Å². The third kappa shape index (κ3) is 8.12. The number of carbonyl (C=O) groups is 4. The van der Waals surface area contributed by atoms with Crippen molar-refractivity contribution < 1.29 is 48.7 Å². The minimum absolute atomic E-state index is 0.0667. The summed E-state index contributed by atoms with van der Waals surface area (Å²) in [5.41, 5.74) is 16.7. The predicted molar refractivity (Wildman–Crippen MR) is 144 cm³/mol. The van der Waals surface area contributed by atoms with E-state index in [4.69, 9.17) is 31.4 Å². The third-order valence-electron chi connectivity index (χ3n) is 7.77. The Morgan fingerprint density at radius 2 is 1.76 bits per heavy atom. The maximum atomic E-state index is 12.3. The van der Waals surface area contributed by atoms with Crippen molar-refractivity contribution in [3.05, 3.63) is 0 Å². The number of rotatable bonds is 13. The van der Waals surface area contributed by atoms with Crippen LogP contribution in [0.3, 0.4) is 0 Å². The van der Waals surface area contributed by atoms with Gasteiger partial charge in [-0.3, -0.25) is 24.1 Å². The number of hydrogen-bond acceptors (Lipinski definition) is 12. The number of amides is 2. The number of nitrogens with zero attached hydrogens (tertiary/aromatic N) is 1. The maximum Gasteiger partial charge on any atom is 0.323 e. The monoisotopic (exact) mass is 589 g/mol. The zero-order valence-corrected chi connectivity index (χ0v) is 24.6. The van der Waals surface area contributed by atoms with Gasteiger partial charge in [-0.1, -0.05) is 27.7 Å². The number of likely N-dealkylation sites (tertiary alicyclic amines) is 1. The Morgan fingerprint density at radius 1 is 1.15 bits per heavy atom. The molecule has 2 aliphatic rings. The van der Waals surface area contributed by atoms with Gasteiger partial charge in [0, 0.05) is 13.5 Å². The molecule has 2 saturated heterocycles. The molecule has 2 fully saturated rings. The molecule has 0 aliphatic carbocycles. The Hall–Kier alpha value is -2.40. The first-order chi connectivity index (χ1) is 18.9. The van der Waals surface area contributed by atoms with Crippen LogP contribution in [0.25, 0.3) is 0 Å². The first-order valence-electron chi connectivity index (χ1n) is 13.9. The van der Waals surface area contributed by atoms with Gasteiger partial charge in [-0.25, -0.2) is 0 Å². The molecule has 236 valence electrons. The topological polar surface area (TPSA) is 250 Å². The number of carbonyl (C=O) groups excluding carboxylic acids is 3. The molecule has 0 aromatic carbocycles. The molecular weight excluding hydrogens is 542 g/mol. The van der Waals surface area contributed by atoms with Crippen LogP contribution >= 0.6 is 0 Å². The molecule has 41 heavy (non-hydrogen) atoms. The van der Waals surface area contributed by atoms with Crippen LogP contribution in [0.1, 0.15) is 54.4 Å². The Balaban J connectivity index is 2.27. The number of ether oxygens (including phenoxy) is 3. The minimum atomic E-state index is -1.64. The number of aliphatic hydroxyl groups excluding tert-OH is 2. The van der Waals surface area contributed by atoms with Gasteiger partial charge >= 0.3 is 11.9 Å². The quantitative estimate of drug-likeness (QED) is 0.113. The van der Waals surface area contributed by atoms with Crippen molar-refractivity contribution in [1.29, 1.82) is 0 Å². The normalized spacial score (nSPS) is 33.9. The summed E-state index contributed by atoms with van der Waals surface area (Å²) in [5, 5.41) is 34.2. The van der Waals surface area contributed by atoms with Crippen LogP contribution in [0, 0.1) is 17.8 Å². The Labute approximate surface area is 240 Å². The van der Waals surface area contributed by atoms with E-state index in [1.54, 1.807) is 20.8 Å². The molecule has 0 aromatic heterocycles. The van der Waals surface area contributed by atoms with Crippen LogP contribution < -0.4 is 22.5 Å². The highest BCUT2D eigenvalue weighted by Crippen LogP contribution is 2.41. The molecule has 3 unspecified atom stereocenters. The SMILES string of the molecule is CC(=O)N[C@@H]1[C@@H](OC(C)CN2[C@@H](C(N)=O)CC(C(=O)O)C2(N)C(C)C)[C@H](O)[C@@H](COC(=O)[C@@H](N)CC(C)C)O[C@@H]1O. The molecule has 2 rings (SSSR count). The van der Waals surface area contributed by atoms with Crippen molar-refractivity contribution in [2.45, 2.75) is 109 Å². The maximum absolute atomic E-state index is 12.3. The van der Waals surface area contributed by atoms with Crippen LogP contribution in [0.5, 0.6) is 0 Å². The molecule has 2 aliphatic heterocycles. The number of esters is 1. The average Bonchev–Trinajstić information content (AvgIpc) is 3.15. The van der Waals surface area contributed by atoms with E-state index >= 15 is 0 Å². The molecule has 0 saturated carbocycles. The highest BCUT2D eigenvalue weighted by atomic mass is 16.6. The van der Waals surface area contributed by atoms with E-state index in [-0.39, 0.29) is 18.9 Å². The fourth-order valence-electron chi connectivity index (χ4n) is 5.68. The van der Waals surface area contributed by atoms with Gasteiger partial charge in [-0.15, -0.1) is 0 Å². The molecule has 10 atom stereocenters. The summed E-state index contributed by atoms with van der Waals surface area (Å²) in [6.07, 6.45) is -6.15. The standard InChI is InChI=1S/C26H47N5O10/c1-11(2)7-16(27)24(37)39-10-18-20(33)21(19(25(38)41-18)30-14(6)32)40-13(5)9-31-17(22(28)34)8-15(23(35)36)26(31,29)12(3)4/h11-13,15-21,25,33,38H,7-10,27,29H2,1-6H3,(H2,28,34)(H,30,32)(H,35,36)/t13?,15?,16-,17+,18+,19+,20+,21+,25-,26?/m0/s1. The summed E-state index contributed by atoms with van der Waals surface area (Å²) in [7, 11) is 0. The zero-order chi connectivity index (χ0) is 31.4. The Morgan fingerprint density at radius 3 is 2.24 bits per heavy atom. The van der Waals surface area contributed by atoms with E-state index in [1.807, 2.05) is 13.8 Å². The molecule has 2 amide bonds. The van der Waals surface area contributed by atoms with Crippen molar-refractivity contribution in [2.24, 2.45) is 35.0 Å². The van der Waals surface area contributed by atoms with E-state index in [0.29, 0.717) is 6.42 Å². The van der Waals surface area contributed by atoms with Crippen molar-refractivity contribution >= 4 is 23.8 Å². The number of nitrogens with one attached hydrogen (secondary N) is 1. The summed E-state index contributed by atoms with van der Waals surface area (Å²) < 4.78 is 16.8. The molecule has 0 spiro atoms. The number of aliphatic hydroxyl groups is 2. The number of primary amides is 1. The number of carboxylic acid groups (broad SMARTS) is 1. The van der Waals surface area contributed by atoms with Gasteiger partial charge in [0.2, 0.25) is 11.8 Å². The highest BCUT2D eigenvalue weighted by molar-refractivity contribution is 5.83. The smallest absolute Gasteiger partial charge is 0.323 e. The van der Waals surface area contributed by atoms with Crippen LogP contribution in [-0.2, 0) is 33.4 Å². The second-order valence-corrected chi connectivity index (χ2v) is 11.8. The van der Waals surface area contributed by atoms with Crippen LogP contribution in [0.15, 0.2) is 0 Å². The highest BCUT2D eigenvalue weighted by Gasteiger charge is 2.58. The number of hydrogen-bond donors (Lipinski definition) is 7. The van der Waals surface area contributed by atoms with E-state index in [0.717, 1.165) is 0 Å². The number of nitrogens with two attached hydrogens (primary N) is 3. The molecule has 10 N–H and O–H groups in total. The lowest BCUT2D eigenvalue weighted by Gasteiger charge is -2.46. The molecular formula is C26H47N5O10. The average molecular weight is 590 g/mol. The second-order valence-electron chi connectivity index (χ2n) is 11.8. The summed E-state index contributed by atoms with van der Waals surface area (Å²) in [5.74, 6) is -4.48. The number of aliphatic carboxylic acids is 1. The third-order valence-corrected chi connectivity index (χ3v) is 7.77. The lowest BCUT2D eigenvalue weighted by molar-refractivity contribution is -0.270. The molecule has 0 aromatic rings. The van der Waals surface area contributed by atoms with Gasteiger partial charge in [0.05, 0.1) is 23.7 Å². The molecule has 15 nitrogen and oxygen atoms in total. The van der Waals surface area contributed by atoms with E-state index in [2.05, 4.69) is 5.32 Å². The van der Waals surface area contributed by atoms with Crippen LogP contribution in [0.4, 0.5) is 0 Å². The summed E-state index contributed by atoms with van der Waals surface area (Å²) in [6.45, 7) is 9.57. The van der Waals surface area contributed by atoms with Gasteiger partial charge in [0.1, 0.15) is 37.0 Å². The van der Waals surface area contributed by atoms with Gasteiger partial charge in [-0.05, 0) is 31.6 Å². The van der Waals surface area contributed by atoms with Gasteiger partial charge in [0.15, 0.2) is 6.29 Å². The Bertz CT molecular complexity index is 952. The van der Waals surface area contributed by atoms with Gasteiger partial charge in [0.25, 0.3) is 0 Å². The Kier molecular flexibility index (Phi) is 12.0. The molecule has 0 bridgehead atoms. The van der Waals surface area contributed by atoms with E-state index in [9.17, 15) is 34.5 Å². The van der Waals surface area contributed by atoms with Crippen molar-refractivity contribution in [1.82, 2.24) is 10.2 Å². The first-order valence-corrected chi connectivity index (χ1v) is 13.9. The summed E-state index contributed by atoms with van der Waals surface area (Å²) >= 11 is 0. The number of carboxylic acids is 1. The fraction of sp³-hybridized carbons (Fsp3) is 0.846. The van der Waals surface area contributed by atoms with Crippen molar-refractivity contribution in [3.63, 3.8) is 0 Å². The predicted octanol–water partition coefficient (Wildman–Crippen LogP) is -2.17. The van der Waals surface area contributed by atoms with Gasteiger partial charge in [-0.2, -0.15) is 0 Å². The summed E-state index contributed by atoms with van der Waals surface area (Å²) in [4.78, 5) is 50.1. The van der Waals surface area contributed by atoms with E-state index in [1.165, 1.54) is 11.8 Å². The van der Waals surface area contributed by atoms with Crippen LogP contribution in [-0.4, -0.2) is 112 Å². The largest absolute Gasteiger partial charge is 0.481 e. The molecule has 15 heteroatoms. The second kappa shape index (κ2) is 14.2. The zero-order valence-electron chi connectivity index (χ0n) is 24.6. The minimum Gasteiger partial charge on any atom is -0.481 e. The fourth-order valence-corrected chi connectivity index (χ4v) is 5.68. The summed E-state index contributed by atoms with van der Waals surface area (Å²) in [6, 6.07) is -3.09. The van der Waals surface area contributed by atoms with Gasteiger partial charge < -0.3 is 52.0 Å². The molecule has 2 heterocycles. The lowest BCUT2D eigenvalue weighted by atomic mass is 9.84. The molecule has 0 radical (unpaired) electrons. The van der Waals surface area contributed by atoms with E-state index < -0.39 is 96.7 Å². The first kappa shape index (κ1) is 34.8.